The monoisotopic (exact) mass is 305 g/mol. The molecule has 0 radical (unpaired) electrons. The Hall–Kier alpha value is -0.660. The van der Waals surface area contributed by atoms with Crippen molar-refractivity contribution in [1.82, 2.24) is 9.62 Å². The van der Waals surface area contributed by atoms with Crippen LogP contribution in [-0.4, -0.2) is 51.1 Å². The Morgan fingerprint density at radius 2 is 1.90 bits per heavy atom. The normalized spacial score (nSPS) is 19.0. The molecule has 7 heteroatoms. The van der Waals surface area contributed by atoms with E-state index in [9.17, 15) is 13.2 Å². The highest BCUT2D eigenvalue weighted by Gasteiger charge is 2.21. The van der Waals surface area contributed by atoms with Crippen LogP contribution in [0, 0.1) is 5.92 Å². The quantitative estimate of drug-likeness (QED) is 0.707. The summed E-state index contributed by atoms with van der Waals surface area (Å²) < 4.78 is 24.2. The van der Waals surface area contributed by atoms with Crippen molar-refractivity contribution in [1.29, 1.82) is 0 Å². The largest absolute Gasteiger partial charge is 0.354 e. The highest BCUT2D eigenvalue weighted by molar-refractivity contribution is 7.89. The molecule has 118 valence electrons. The summed E-state index contributed by atoms with van der Waals surface area (Å²) in [5.74, 6) is 0.196. The minimum Gasteiger partial charge on any atom is -0.354 e. The van der Waals surface area contributed by atoms with Gasteiger partial charge in [0.2, 0.25) is 15.9 Å². The molecule has 0 aromatic carbocycles. The van der Waals surface area contributed by atoms with Gasteiger partial charge in [-0.05, 0) is 12.3 Å². The van der Waals surface area contributed by atoms with Crippen molar-refractivity contribution in [3.05, 3.63) is 0 Å². The maximum atomic E-state index is 11.8. The summed E-state index contributed by atoms with van der Waals surface area (Å²) in [6.07, 6.45) is 6.72. The molecule has 1 saturated carbocycles. The van der Waals surface area contributed by atoms with Crippen LogP contribution in [0.4, 0.5) is 0 Å². The average molecular weight is 305 g/mol. The molecule has 1 amide bonds. The van der Waals surface area contributed by atoms with Crippen molar-refractivity contribution in [3.63, 3.8) is 0 Å². The number of nitrogens with two attached hydrogens (primary N) is 1. The van der Waals surface area contributed by atoms with Gasteiger partial charge in [0.05, 0.1) is 11.8 Å². The molecule has 0 heterocycles. The van der Waals surface area contributed by atoms with E-state index in [1.807, 2.05) is 0 Å². The maximum Gasteiger partial charge on any atom is 0.236 e. The lowest BCUT2D eigenvalue weighted by Crippen LogP contribution is -2.44. The summed E-state index contributed by atoms with van der Waals surface area (Å²) in [5, 5.41) is 2.61. The third kappa shape index (κ3) is 5.76. The second kappa shape index (κ2) is 7.95. The Morgan fingerprint density at radius 1 is 1.30 bits per heavy atom. The molecule has 0 bridgehead atoms. The molecule has 0 aromatic heterocycles. The van der Waals surface area contributed by atoms with Gasteiger partial charge in [0.15, 0.2) is 0 Å². The Kier molecular flexibility index (Phi) is 6.91. The predicted octanol–water partition coefficient (Wildman–Crippen LogP) is 0.292. The van der Waals surface area contributed by atoms with Crippen LogP contribution in [-0.2, 0) is 14.8 Å². The molecule has 0 aromatic rings. The van der Waals surface area contributed by atoms with Crippen LogP contribution in [0.15, 0.2) is 0 Å². The van der Waals surface area contributed by atoms with Crippen LogP contribution < -0.4 is 11.1 Å². The third-order valence-electron chi connectivity index (χ3n) is 3.86. The van der Waals surface area contributed by atoms with Crippen LogP contribution in [0.3, 0.4) is 0 Å². The SMILES string of the molecule is CN(C)S(=O)(=O)CCNC(=O)[C@@H](N)CC1CCCCC1. The second-order valence-electron chi connectivity index (χ2n) is 5.74. The van der Waals surface area contributed by atoms with Gasteiger partial charge < -0.3 is 11.1 Å². The van der Waals surface area contributed by atoms with E-state index >= 15 is 0 Å². The van der Waals surface area contributed by atoms with Gasteiger partial charge >= 0.3 is 0 Å². The minimum atomic E-state index is -3.27. The summed E-state index contributed by atoms with van der Waals surface area (Å²) in [6.45, 7) is 0.109. The molecule has 1 atom stereocenters. The van der Waals surface area contributed by atoms with Gasteiger partial charge in [-0.2, -0.15) is 0 Å². The van der Waals surface area contributed by atoms with E-state index in [4.69, 9.17) is 5.73 Å². The molecule has 1 rings (SSSR count). The average Bonchev–Trinajstić information content (AvgIpc) is 2.39. The highest BCUT2D eigenvalue weighted by Crippen LogP contribution is 2.26. The second-order valence-corrected chi connectivity index (χ2v) is 8.04. The molecular weight excluding hydrogens is 278 g/mol. The fourth-order valence-electron chi connectivity index (χ4n) is 2.51. The van der Waals surface area contributed by atoms with Crippen molar-refractivity contribution in [2.45, 2.75) is 44.6 Å². The molecule has 3 N–H and O–H groups in total. The molecule has 0 unspecified atom stereocenters. The van der Waals surface area contributed by atoms with Crippen molar-refractivity contribution in [2.24, 2.45) is 11.7 Å². The summed E-state index contributed by atoms with van der Waals surface area (Å²) >= 11 is 0. The zero-order chi connectivity index (χ0) is 15.2. The van der Waals surface area contributed by atoms with Crippen molar-refractivity contribution in [2.75, 3.05) is 26.4 Å². The smallest absolute Gasteiger partial charge is 0.236 e. The van der Waals surface area contributed by atoms with Crippen LogP contribution >= 0.6 is 0 Å². The number of sulfonamides is 1. The van der Waals surface area contributed by atoms with E-state index in [1.165, 1.54) is 33.4 Å². The van der Waals surface area contributed by atoms with Gasteiger partial charge in [0, 0.05) is 20.6 Å². The predicted molar refractivity (Wildman–Crippen MR) is 79.7 cm³/mol. The van der Waals surface area contributed by atoms with Gasteiger partial charge in [0.1, 0.15) is 0 Å². The first-order valence-corrected chi connectivity index (χ1v) is 8.87. The van der Waals surface area contributed by atoms with E-state index in [2.05, 4.69) is 5.32 Å². The molecule has 20 heavy (non-hydrogen) atoms. The lowest BCUT2D eigenvalue weighted by molar-refractivity contribution is -0.122. The minimum absolute atomic E-state index is 0.0953. The van der Waals surface area contributed by atoms with Crippen LogP contribution in [0.5, 0.6) is 0 Å². The van der Waals surface area contributed by atoms with Crippen LogP contribution in [0.1, 0.15) is 38.5 Å². The summed E-state index contributed by atoms with van der Waals surface area (Å²) in [7, 11) is -0.313. The first-order chi connectivity index (χ1) is 9.33. The molecular formula is C13H27N3O3S. The van der Waals surface area contributed by atoms with E-state index < -0.39 is 16.1 Å². The number of rotatable bonds is 7. The number of carbonyl (C=O) groups excluding carboxylic acids is 1. The van der Waals surface area contributed by atoms with Crippen LogP contribution in [0.25, 0.3) is 0 Å². The van der Waals surface area contributed by atoms with Crippen molar-refractivity contribution in [3.8, 4) is 0 Å². The highest BCUT2D eigenvalue weighted by atomic mass is 32.2. The third-order valence-corrected chi connectivity index (χ3v) is 5.70. The van der Waals surface area contributed by atoms with Gasteiger partial charge in [-0.3, -0.25) is 4.79 Å². The topological polar surface area (TPSA) is 92.5 Å². The Labute approximate surface area is 122 Å². The van der Waals surface area contributed by atoms with E-state index in [-0.39, 0.29) is 18.2 Å². The first-order valence-electron chi connectivity index (χ1n) is 7.26. The zero-order valence-electron chi connectivity index (χ0n) is 12.5. The molecule has 1 aliphatic rings. The van der Waals surface area contributed by atoms with Crippen LogP contribution in [0.2, 0.25) is 0 Å². The fraction of sp³-hybridized carbons (Fsp3) is 0.923. The summed E-state index contributed by atoms with van der Waals surface area (Å²) in [4.78, 5) is 11.8. The van der Waals surface area contributed by atoms with E-state index in [1.54, 1.807) is 0 Å². The van der Waals surface area contributed by atoms with Gasteiger partial charge in [-0.1, -0.05) is 32.1 Å². The number of nitrogens with one attached hydrogen (secondary N) is 1. The lowest BCUT2D eigenvalue weighted by atomic mass is 9.85. The summed E-state index contributed by atoms with van der Waals surface area (Å²) in [5.41, 5.74) is 5.89. The molecule has 0 saturated heterocycles. The fourth-order valence-corrected chi connectivity index (χ4v) is 3.23. The van der Waals surface area contributed by atoms with Gasteiger partial charge in [0.25, 0.3) is 0 Å². The number of nitrogens with zero attached hydrogens (tertiary/aromatic N) is 1. The number of hydrogen-bond donors (Lipinski definition) is 2. The Morgan fingerprint density at radius 3 is 2.45 bits per heavy atom. The molecule has 6 nitrogen and oxygen atoms in total. The first kappa shape index (κ1) is 17.4. The lowest BCUT2D eigenvalue weighted by Gasteiger charge is -2.24. The van der Waals surface area contributed by atoms with E-state index in [0.717, 1.165) is 17.1 Å². The van der Waals surface area contributed by atoms with E-state index in [0.29, 0.717) is 12.3 Å². The molecule has 1 fully saturated rings. The number of carbonyl (C=O) groups is 1. The van der Waals surface area contributed by atoms with Gasteiger partial charge in [-0.25, -0.2) is 12.7 Å². The Balaban J connectivity index is 2.27. The maximum absolute atomic E-state index is 11.8. The molecule has 0 aliphatic heterocycles. The number of amides is 1. The molecule has 1 aliphatic carbocycles. The summed E-state index contributed by atoms with van der Waals surface area (Å²) in [6, 6.07) is -0.528. The Bertz CT molecular complexity index is 403. The number of hydrogen-bond acceptors (Lipinski definition) is 4. The zero-order valence-corrected chi connectivity index (χ0v) is 13.3. The standard InChI is InChI=1S/C13H27N3O3S/c1-16(2)20(18,19)9-8-15-13(17)12(14)10-11-6-4-3-5-7-11/h11-12H,3-10,14H2,1-2H3,(H,15,17)/t12-/m0/s1. The van der Waals surface area contributed by atoms with Gasteiger partial charge in [-0.15, -0.1) is 0 Å². The van der Waals surface area contributed by atoms with Crippen molar-refractivity contribution < 1.29 is 13.2 Å². The van der Waals surface area contributed by atoms with Crippen molar-refractivity contribution >= 4 is 15.9 Å². The molecule has 0 spiro atoms.